The van der Waals surface area contributed by atoms with E-state index in [1.165, 1.54) is 12.0 Å². The van der Waals surface area contributed by atoms with Crippen molar-refractivity contribution >= 4 is 0 Å². The van der Waals surface area contributed by atoms with Crippen molar-refractivity contribution in [2.75, 3.05) is 13.1 Å². The highest BCUT2D eigenvalue weighted by Crippen LogP contribution is 2.64. The van der Waals surface area contributed by atoms with Gasteiger partial charge < -0.3 is 5.32 Å². The second-order valence-corrected chi connectivity index (χ2v) is 5.81. The Morgan fingerprint density at radius 1 is 1.33 bits per heavy atom. The summed E-state index contributed by atoms with van der Waals surface area (Å²) in [6.07, 6.45) is 1.17. The molecule has 1 aromatic rings. The zero-order valence-corrected chi connectivity index (χ0v) is 11.5. The summed E-state index contributed by atoms with van der Waals surface area (Å²) in [6, 6.07) is 10.4. The molecule has 1 fully saturated rings. The fourth-order valence-corrected chi connectivity index (χ4v) is 3.05. The van der Waals surface area contributed by atoms with Crippen LogP contribution < -0.4 is 5.32 Å². The van der Waals surface area contributed by atoms with Crippen LogP contribution in [0.4, 0.5) is 0 Å². The van der Waals surface area contributed by atoms with Gasteiger partial charge in [-0.05, 0) is 48.4 Å². The number of nitriles is 1. The molecule has 1 aliphatic carbocycles. The average Bonchev–Trinajstić information content (AvgIpc) is 2.91. The number of hydrogen-bond donors (Lipinski definition) is 1. The van der Waals surface area contributed by atoms with Crippen LogP contribution >= 0.6 is 0 Å². The molecular weight excluding hydrogens is 220 g/mol. The summed E-state index contributed by atoms with van der Waals surface area (Å²) in [6.45, 7) is 8.95. The number of benzene rings is 1. The van der Waals surface area contributed by atoms with Gasteiger partial charge in [0.15, 0.2) is 0 Å². The van der Waals surface area contributed by atoms with Crippen LogP contribution in [0, 0.1) is 22.7 Å². The van der Waals surface area contributed by atoms with Crippen LogP contribution in [0.5, 0.6) is 0 Å². The topological polar surface area (TPSA) is 35.8 Å². The molecule has 0 aromatic heterocycles. The van der Waals surface area contributed by atoms with E-state index < -0.39 is 0 Å². The summed E-state index contributed by atoms with van der Waals surface area (Å²) in [5, 5.41) is 12.7. The van der Waals surface area contributed by atoms with Crippen molar-refractivity contribution in [2.24, 2.45) is 11.3 Å². The lowest BCUT2D eigenvalue weighted by molar-refractivity contribution is 0.518. The molecule has 0 bridgehead atoms. The van der Waals surface area contributed by atoms with Crippen molar-refractivity contribution in [3.8, 4) is 6.07 Å². The van der Waals surface area contributed by atoms with Gasteiger partial charge in [0.1, 0.15) is 0 Å². The summed E-state index contributed by atoms with van der Waals surface area (Å²) in [5.41, 5.74) is 2.38. The van der Waals surface area contributed by atoms with E-state index in [0.29, 0.717) is 17.3 Å². The molecule has 1 saturated carbocycles. The van der Waals surface area contributed by atoms with E-state index in [2.05, 4.69) is 38.2 Å². The zero-order valence-electron chi connectivity index (χ0n) is 11.5. The highest BCUT2D eigenvalue weighted by molar-refractivity contribution is 5.44. The molecule has 0 saturated heterocycles. The van der Waals surface area contributed by atoms with E-state index in [1.54, 1.807) is 0 Å². The molecule has 2 atom stereocenters. The molecule has 0 heterocycles. The monoisotopic (exact) mass is 242 g/mol. The lowest BCUT2D eigenvalue weighted by Crippen LogP contribution is -2.19. The summed E-state index contributed by atoms with van der Waals surface area (Å²) >= 11 is 0. The van der Waals surface area contributed by atoms with Crippen LogP contribution in [-0.4, -0.2) is 13.1 Å². The molecule has 96 valence electrons. The molecule has 2 unspecified atom stereocenters. The number of nitrogens with one attached hydrogen (secondary N) is 1. The lowest BCUT2D eigenvalue weighted by atomic mass is 9.99. The van der Waals surface area contributed by atoms with Crippen molar-refractivity contribution in [2.45, 2.75) is 33.1 Å². The standard InChI is InChI=1S/C16H22N2/c1-4-9-18-11-14-15(16(14,2)3)13-8-6-5-7-12(13)10-17/h5-8,14-15,18H,4,9,11H2,1-3H3. The minimum atomic E-state index is 0.313. The van der Waals surface area contributed by atoms with Gasteiger partial charge >= 0.3 is 0 Å². The molecule has 0 spiro atoms. The number of hydrogen-bond acceptors (Lipinski definition) is 2. The quantitative estimate of drug-likeness (QED) is 0.804. The Hall–Kier alpha value is -1.33. The van der Waals surface area contributed by atoms with Gasteiger partial charge in [-0.1, -0.05) is 39.0 Å². The first kappa shape index (κ1) is 13.1. The van der Waals surface area contributed by atoms with Crippen LogP contribution in [0.25, 0.3) is 0 Å². The average molecular weight is 242 g/mol. The minimum Gasteiger partial charge on any atom is -0.316 e. The van der Waals surface area contributed by atoms with Crippen LogP contribution in [-0.2, 0) is 0 Å². The van der Waals surface area contributed by atoms with Crippen LogP contribution in [0.2, 0.25) is 0 Å². The third kappa shape index (κ3) is 2.28. The van der Waals surface area contributed by atoms with E-state index in [-0.39, 0.29) is 0 Å². The van der Waals surface area contributed by atoms with Crippen molar-refractivity contribution in [1.29, 1.82) is 5.26 Å². The van der Waals surface area contributed by atoms with Gasteiger partial charge in [0.05, 0.1) is 11.6 Å². The van der Waals surface area contributed by atoms with Gasteiger partial charge in [-0.15, -0.1) is 0 Å². The molecule has 1 aliphatic rings. The molecule has 0 aliphatic heterocycles. The third-order valence-electron chi connectivity index (χ3n) is 4.26. The maximum Gasteiger partial charge on any atom is 0.0994 e. The fourth-order valence-electron chi connectivity index (χ4n) is 3.05. The molecule has 2 nitrogen and oxygen atoms in total. The predicted octanol–water partition coefficient (Wildman–Crippen LogP) is 3.30. The third-order valence-corrected chi connectivity index (χ3v) is 4.26. The Labute approximate surface area is 110 Å². The van der Waals surface area contributed by atoms with Gasteiger partial charge in [0.25, 0.3) is 0 Å². The van der Waals surface area contributed by atoms with Gasteiger partial charge in [0.2, 0.25) is 0 Å². The first-order valence-corrected chi connectivity index (χ1v) is 6.82. The molecule has 1 N–H and O–H groups in total. The minimum absolute atomic E-state index is 0.313. The molecule has 1 aromatic carbocycles. The molecule has 18 heavy (non-hydrogen) atoms. The molecular formula is C16H22N2. The summed E-state index contributed by atoms with van der Waals surface area (Å²) in [4.78, 5) is 0. The van der Waals surface area contributed by atoms with Crippen molar-refractivity contribution in [3.05, 3.63) is 35.4 Å². The Balaban J connectivity index is 2.12. The molecule has 2 heteroatoms. The Morgan fingerprint density at radius 2 is 2.06 bits per heavy atom. The van der Waals surface area contributed by atoms with Gasteiger partial charge in [-0.25, -0.2) is 0 Å². The van der Waals surface area contributed by atoms with Crippen LogP contribution in [0.15, 0.2) is 24.3 Å². The number of nitrogens with zero attached hydrogens (tertiary/aromatic N) is 1. The largest absolute Gasteiger partial charge is 0.316 e. The first-order valence-electron chi connectivity index (χ1n) is 6.82. The first-order chi connectivity index (χ1) is 8.62. The van der Waals surface area contributed by atoms with E-state index >= 15 is 0 Å². The normalized spacial score (nSPS) is 24.6. The Morgan fingerprint density at radius 3 is 2.72 bits per heavy atom. The van der Waals surface area contributed by atoms with Gasteiger partial charge in [0, 0.05) is 0 Å². The Kier molecular flexibility index (Phi) is 3.73. The Bertz CT molecular complexity index is 456. The van der Waals surface area contributed by atoms with Crippen molar-refractivity contribution in [1.82, 2.24) is 5.32 Å². The molecule has 2 rings (SSSR count). The van der Waals surface area contributed by atoms with E-state index in [1.807, 2.05) is 18.2 Å². The van der Waals surface area contributed by atoms with Crippen LogP contribution in [0.3, 0.4) is 0 Å². The van der Waals surface area contributed by atoms with Crippen molar-refractivity contribution in [3.63, 3.8) is 0 Å². The fraction of sp³-hybridized carbons (Fsp3) is 0.562. The molecule has 0 amide bonds. The maximum atomic E-state index is 9.20. The van der Waals surface area contributed by atoms with Crippen LogP contribution in [0.1, 0.15) is 44.2 Å². The summed E-state index contributed by atoms with van der Waals surface area (Å²) < 4.78 is 0. The smallest absolute Gasteiger partial charge is 0.0994 e. The van der Waals surface area contributed by atoms with Gasteiger partial charge in [-0.2, -0.15) is 5.26 Å². The lowest BCUT2D eigenvalue weighted by Gasteiger charge is -2.04. The highest BCUT2D eigenvalue weighted by atomic mass is 14.9. The van der Waals surface area contributed by atoms with E-state index in [4.69, 9.17) is 0 Å². The van der Waals surface area contributed by atoms with Crippen molar-refractivity contribution < 1.29 is 0 Å². The zero-order chi connectivity index (χ0) is 13.2. The van der Waals surface area contributed by atoms with E-state index in [0.717, 1.165) is 18.7 Å². The van der Waals surface area contributed by atoms with Gasteiger partial charge in [-0.3, -0.25) is 0 Å². The summed E-state index contributed by atoms with van der Waals surface area (Å²) in [5.74, 6) is 1.18. The second-order valence-electron chi connectivity index (χ2n) is 5.81. The number of rotatable bonds is 5. The van der Waals surface area contributed by atoms with E-state index in [9.17, 15) is 5.26 Å². The summed E-state index contributed by atoms with van der Waals surface area (Å²) in [7, 11) is 0. The molecule has 0 radical (unpaired) electrons. The maximum absolute atomic E-state index is 9.20. The predicted molar refractivity (Wildman–Crippen MR) is 74.3 cm³/mol. The second kappa shape index (κ2) is 5.12. The SMILES string of the molecule is CCCNCC1C(c2ccccc2C#N)C1(C)C. The highest BCUT2D eigenvalue weighted by Gasteiger charge is 2.58.